The Balaban J connectivity index is 2.92. The van der Waals surface area contributed by atoms with Gasteiger partial charge in [-0.25, -0.2) is 0 Å². The van der Waals surface area contributed by atoms with Crippen LogP contribution in [-0.2, 0) is 0 Å². The highest BCUT2D eigenvalue weighted by Gasteiger charge is 1.98. The number of anilines is 2. The van der Waals surface area contributed by atoms with Crippen molar-refractivity contribution in [2.75, 3.05) is 23.7 Å². The Morgan fingerprint density at radius 2 is 1.31 bits per heavy atom. The van der Waals surface area contributed by atoms with E-state index in [-0.39, 0.29) is 0 Å². The minimum absolute atomic E-state index is 0.865. The Morgan fingerprint density at radius 3 is 1.69 bits per heavy atom. The maximum absolute atomic E-state index is 5.17. The molecular weight excluding hydrogens is 216 g/mol. The lowest BCUT2D eigenvalue weighted by atomic mass is 10.3. The largest absolute Gasteiger partial charge is 0.383 e. The van der Waals surface area contributed by atoms with Crippen molar-refractivity contribution in [2.24, 2.45) is 0 Å². The van der Waals surface area contributed by atoms with Crippen LogP contribution in [0.1, 0.15) is 26.7 Å². The van der Waals surface area contributed by atoms with Crippen LogP contribution >= 0.6 is 12.2 Å². The number of hydrogen-bond donors (Lipinski definition) is 2. The summed E-state index contributed by atoms with van der Waals surface area (Å²) in [5.41, 5.74) is 2.26. The van der Waals surface area contributed by atoms with E-state index in [9.17, 15) is 0 Å². The van der Waals surface area contributed by atoms with E-state index < -0.39 is 0 Å². The van der Waals surface area contributed by atoms with Gasteiger partial charge < -0.3 is 10.6 Å². The third-order valence-electron chi connectivity index (χ3n) is 2.25. The molecule has 0 aliphatic heterocycles. The predicted molar refractivity (Wildman–Crippen MR) is 74.8 cm³/mol. The van der Waals surface area contributed by atoms with Gasteiger partial charge in [0, 0.05) is 17.6 Å². The maximum atomic E-state index is 5.17. The Morgan fingerprint density at radius 1 is 0.875 bits per heavy atom. The summed E-state index contributed by atoms with van der Waals surface area (Å²) in [7, 11) is 0. The molecule has 0 fully saturated rings. The maximum Gasteiger partial charge on any atom is 0.0576 e. The van der Waals surface area contributed by atoms with Gasteiger partial charge in [-0.15, -0.1) is 0 Å². The summed E-state index contributed by atoms with van der Waals surface area (Å²) in [6.07, 6.45) is 2.24. The minimum atomic E-state index is 0.865. The topological polar surface area (TPSA) is 24.1 Å². The highest BCUT2D eigenvalue weighted by molar-refractivity contribution is 7.71. The normalized spacial score (nSPS) is 9.88. The fourth-order valence-electron chi connectivity index (χ4n) is 1.39. The third-order valence-corrected chi connectivity index (χ3v) is 2.52. The average molecular weight is 236 g/mol. The molecule has 0 aromatic heterocycles. The Hall–Kier alpha value is -1.09. The predicted octanol–water partition coefficient (Wildman–Crippen LogP) is 4.06. The smallest absolute Gasteiger partial charge is 0.0576 e. The van der Waals surface area contributed by atoms with Crippen LogP contribution in [0.15, 0.2) is 24.3 Å². The van der Waals surface area contributed by atoms with E-state index >= 15 is 0 Å². The lowest BCUT2D eigenvalue weighted by Gasteiger charge is -2.10. The Labute approximate surface area is 103 Å². The van der Waals surface area contributed by atoms with Crippen LogP contribution in [0.4, 0.5) is 11.4 Å². The van der Waals surface area contributed by atoms with Crippen LogP contribution in [0, 0.1) is 4.51 Å². The van der Waals surface area contributed by atoms with E-state index in [1.165, 1.54) is 0 Å². The molecule has 3 heteroatoms. The summed E-state index contributed by atoms with van der Waals surface area (Å²) >= 11 is 5.17. The first-order chi connectivity index (χ1) is 7.77. The quantitative estimate of drug-likeness (QED) is 0.728. The van der Waals surface area contributed by atoms with E-state index in [2.05, 4.69) is 36.6 Å². The molecule has 0 saturated heterocycles. The van der Waals surface area contributed by atoms with Gasteiger partial charge in [-0.2, -0.15) is 0 Å². The van der Waals surface area contributed by atoms with Crippen molar-refractivity contribution in [1.29, 1.82) is 0 Å². The molecule has 16 heavy (non-hydrogen) atoms. The number of hydrogen-bond acceptors (Lipinski definition) is 3. The molecule has 0 radical (unpaired) electrons. The van der Waals surface area contributed by atoms with E-state index in [4.69, 9.17) is 12.2 Å². The van der Waals surface area contributed by atoms with Gasteiger partial charge in [-0.05, 0) is 37.1 Å². The lowest BCUT2D eigenvalue weighted by molar-refractivity contribution is 0.968. The highest BCUT2D eigenvalue weighted by Crippen LogP contribution is 2.20. The van der Waals surface area contributed by atoms with Gasteiger partial charge in [0.15, 0.2) is 0 Å². The molecule has 88 valence electrons. The average Bonchev–Trinajstić information content (AvgIpc) is 2.46. The molecule has 1 aromatic carbocycles. The molecule has 0 spiro atoms. The zero-order valence-corrected chi connectivity index (χ0v) is 10.9. The summed E-state index contributed by atoms with van der Waals surface area (Å²) in [5, 5.41) is 6.82. The fraction of sp³-hybridized carbons (Fsp3) is 0.462. The van der Waals surface area contributed by atoms with Crippen LogP contribution in [0.2, 0.25) is 0 Å². The summed E-state index contributed by atoms with van der Waals surface area (Å²) in [6, 6.07) is 8.03. The molecule has 1 rings (SSSR count). The third kappa shape index (κ3) is 4.19. The molecule has 2 nitrogen and oxygen atoms in total. The Kier molecular flexibility index (Phi) is 5.86. The SMILES string of the molecule is CCCNc1ccc(=S)ccc1NCCC. The first kappa shape index (κ1) is 13.0. The zero-order chi connectivity index (χ0) is 11.8. The van der Waals surface area contributed by atoms with Crippen molar-refractivity contribution in [3.63, 3.8) is 0 Å². The molecule has 0 saturated carbocycles. The van der Waals surface area contributed by atoms with Gasteiger partial charge in [-0.1, -0.05) is 26.1 Å². The summed E-state index contributed by atoms with van der Waals surface area (Å²) in [5.74, 6) is 0. The van der Waals surface area contributed by atoms with Crippen molar-refractivity contribution in [1.82, 2.24) is 0 Å². The van der Waals surface area contributed by atoms with Crippen LogP contribution < -0.4 is 10.6 Å². The molecule has 2 N–H and O–H groups in total. The molecule has 0 aliphatic rings. The fourth-order valence-corrected chi connectivity index (χ4v) is 1.53. The van der Waals surface area contributed by atoms with Crippen molar-refractivity contribution in [3.05, 3.63) is 28.8 Å². The van der Waals surface area contributed by atoms with Crippen LogP contribution in [0.25, 0.3) is 0 Å². The van der Waals surface area contributed by atoms with Crippen molar-refractivity contribution < 1.29 is 0 Å². The van der Waals surface area contributed by atoms with E-state index in [0.29, 0.717) is 0 Å². The van der Waals surface area contributed by atoms with Gasteiger partial charge in [0.25, 0.3) is 0 Å². The molecule has 0 amide bonds. The first-order valence-corrected chi connectivity index (χ1v) is 6.31. The van der Waals surface area contributed by atoms with Gasteiger partial charge in [-0.3, -0.25) is 0 Å². The number of nitrogens with one attached hydrogen (secondary N) is 2. The van der Waals surface area contributed by atoms with Crippen LogP contribution in [0.3, 0.4) is 0 Å². The number of rotatable bonds is 6. The van der Waals surface area contributed by atoms with Crippen molar-refractivity contribution in [2.45, 2.75) is 26.7 Å². The summed E-state index contributed by atoms with van der Waals surface area (Å²) in [6.45, 7) is 6.29. The van der Waals surface area contributed by atoms with Gasteiger partial charge in [0.2, 0.25) is 0 Å². The summed E-state index contributed by atoms with van der Waals surface area (Å²) < 4.78 is 0.865. The molecule has 0 bridgehead atoms. The molecule has 0 heterocycles. The van der Waals surface area contributed by atoms with E-state index in [0.717, 1.165) is 41.8 Å². The second kappa shape index (κ2) is 7.23. The van der Waals surface area contributed by atoms with Gasteiger partial charge >= 0.3 is 0 Å². The molecule has 0 unspecified atom stereocenters. The van der Waals surface area contributed by atoms with E-state index in [1.54, 1.807) is 0 Å². The van der Waals surface area contributed by atoms with E-state index in [1.807, 2.05) is 12.1 Å². The van der Waals surface area contributed by atoms with Crippen LogP contribution in [-0.4, -0.2) is 13.1 Å². The second-order valence-corrected chi connectivity index (χ2v) is 4.22. The van der Waals surface area contributed by atoms with Gasteiger partial charge in [0.1, 0.15) is 0 Å². The van der Waals surface area contributed by atoms with Crippen LogP contribution in [0.5, 0.6) is 0 Å². The second-order valence-electron chi connectivity index (χ2n) is 3.75. The molecule has 0 aliphatic carbocycles. The highest BCUT2D eigenvalue weighted by atomic mass is 32.1. The van der Waals surface area contributed by atoms with Crippen molar-refractivity contribution >= 4 is 23.6 Å². The van der Waals surface area contributed by atoms with Gasteiger partial charge in [0.05, 0.1) is 11.4 Å². The first-order valence-electron chi connectivity index (χ1n) is 5.90. The monoisotopic (exact) mass is 236 g/mol. The minimum Gasteiger partial charge on any atom is -0.383 e. The standard InChI is InChI=1S/C13H20N2S/c1-3-9-14-12-7-5-11(16)6-8-13(12)15-10-4-2/h5-8,14-15H,3-4,9-10H2,1-2H3. The molecule has 1 aromatic rings. The lowest BCUT2D eigenvalue weighted by Crippen LogP contribution is -2.05. The zero-order valence-electron chi connectivity index (χ0n) is 10.0. The Bertz CT molecular complexity index is 343. The molecule has 0 atom stereocenters. The summed E-state index contributed by atoms with van der Waals surface area (Å²) in [4.78, 5) is 0. The van der Waals surface area contributed by atoms with Crippen molar-refractivity contribution in [3.8, 4) is 0 Å². The molecular formula is C13H20N2S.